The Morgan fingerprint density at radius 1 is 0.575 bits per heavy atom. The summed E-state index contributed by atoms with van der Waals surface area (Å²) in [6.45, 7) is 11.4. The van der Waals surface area contributed by atoms with E-state index in [1.807, 2.05) is 90.6 Å². The summed E-state index contributed by atoms with van der Waals surface area (Å²) in [5.41, 5.74) is 18.4. The number of aliphatic imine (C=N–C) groups is 2. The number of aromatic nitrogens is 2. The number of carbonyl (C=O) groups excluding carboxylic acids is 2. The molecule has 4 saturated heterocycles. The fraction of sp³-hybridized carbons (Fsp3) is 0.492. The lowest BCUT2D eigenvalue weighted by molar-refractivity contribution is -0.0516. The van der Waals surface area contributed by atoms with Crippen LogP contribution >= 0.6 is 0 Å². The SMILES string of the molecule is CN(C(=O)c1ccc(NC(N)=Nc2ncccc2N2CCC(C)(c3ccccc3)CC2)cc1)C1CCN(CCN2CCC(N(C)C(=O)c3ccc(NC(N)=Nc4ncccc4N4CCC(O)(C5CCCCC5)CC4)cc3)CC2)CC1. The molecule has 2 amide bonds. The van der Waals surface area contributed by atoms with Crippen LogP contribution in [0.1, 0.15) is 117 Å². The Balaban J connectivity index is 0.622. The summed E-state index contributed by atoms with van der Waals surface area (Å²) in [5.74, 6) is 1.99. The number of nitrogens with one attached hydrogen (secondary N) is 2. The van der Waals surface area contributed by atoms with E-state index in [0.717, 1.165) is 152 Å². The molecular weight excluding hydrogens is 1000 g/mol. The first-order chi connectivity index (χ1) is 38.8. The Labute approximate surface area is 473 Å². The summed E-state index contributed by atoms with van der Waals surface area (Å²) in [7, 11) is 3.85. The third kappa shape index (κ3) is 13.6. The van der Waals surface area contributed by atoms with Gasteiger partial charge in [0.1, 0.15) is 0 Å². The number of nitrogens with two attached hydrogens (primary N) is 2. The van der Waals surface area contributed by atoms with Crippen LogP contribution in [-0.4, -0.2) is 156 Å². The molecule has 0 atom stereocenters. The lowest BCUT2D eigenvalue weighted by Gasteiger charge is -2.45. The van der Waals surface area contributed by atoms with E-state index >= 15 is 0 Å². The van der Waals surface area contributed by atoms with Gasteiger partial charge in [-0.25, -0.2) is 9.97 Å². The highest BCUT2D eigenvalue weighted by Crippen LogP contribution is 2.42. The van der Waals surface area contributed by atoms with Gasteiger partial charge in [0.05, 0.1) is 17.0 Å². The topological polar surface area (TPSA) is 200 Å². The van der Waals surface area contributed by atoms with Crippen molar-refractivity contribution < 1.29 is 14.7 Å². The maximum absolute atomic E-state index is 13.7. The molecule has 0 bridgehead atoms. The van der Waals surface area contributed by atoms with Crippen LogP contribution in [0.2, 0.25) is 0 Å². The first-order valence-corrected chi connectivity index (χ1v) is 29.4. The number of carbonyl (C=O) groups is 2. The van der Waals surface area contributed by atoms with E-state index in [1.54, 1.807) is 12.4 Å². The molecule has 5 aliphatic rings. The molecule has 10 rings (SSSR count). The maximum Gasteiger partial charge on any atom is 0.253 e. The first-order valence-electron chi connectivity index (χ1n) is 29.4. The molecular formula is C63H84N14O3. The number of rotatable bonds is 15. The minimum atomic E-state index is -0.587. The zero-order chi connectivity index (χ0) is 55.6. The van der Waals surface area contributed by atoms with E-state index in [2.05, 4.69) is 88.5 Å². The van der Waals surface area contributed by atoms with Gasteiger partial charge in [-0.1, -0.05) is 56.5 Å². The van der Waals surface area contributed by atoms with E-state index in [4.69, 9.17) is 16.5 Å². The first kappa shape index (κ1) is 56.2. The number of hydrogen-bond acceptors (Lipinski definition) is 11. The predicted octanol–water partition coefficient (Wildman–Crippen LogP) is 8.84. The van der Waals surface area contributed by atoms with Crippen molar-refractivity contribution in [3.05, 3.63) is 132 Å². The molecule has 4 aliphatic heterocycles. The summed E-state index contributed by atoms with van der Waals surface area (Å²) in [6.07, 6.45) is 16.7. The molecule has 6 heterocycles. The molecule has 17 heteroatoms. The van der Waals surface area contributed by atoms with Crippen LogP contribution in [0.3, 0.4) is 0 Å². The predicted molar refractivity (Wildman–Crippen MR) is 322 cm³/mol. The molecule has 17 nitrogen and oxygen atoms in total. The number of hydrogen-bond donors (Lipinski definition) is 5. The summed E-state index contributed by atoms with van der Waals surface area (Å²) in [5, 5.41) is 17.9. The van der Waals surface area contributed by atoms with Gasteiger partial charge in [-0.05, 0) is 154 Å². The number of piperidine rings is 4. The van der Waals surface area contributed by atoms with Gasteiger partial charge in [0.25, 0.3) is 11.8 Å². The van der Waals surface area contributed by atoms with Gasteiger partial charge in [0.15, 0.2) is 23.6 Å². The van der Waals surface area contributed by atoms with Crippen LogP contribution < -0.4 is 31.9 Å². The number of likely N-dealkylation sites (tertiary alicyclic amines) is 2. The molecule has 1 aliphatic carbocycles. The summed E-state index contributed by atoms with van der Waals surface area (Å²) in [4.78, 5) is 59.4. The lowest BCUT2D eigenvalue weighted by Crippen LogP contribution is -2.49. The zero-order valence-corrected chi connectivity index (χ0v) is 47.4. The number of aliphatic hydroxyl groups is 1. The highest BCUT2D eigenvalue weighted by Gasteiger charge is 2.40. The zero-order valence-electron chi connectivity index (χ0n) is 47.4. The number of guanidine groups is 2. The second-order valence-electron chi connectivity index (χ2n) is 23.4. The molecule has 5 aromatic rings. The van der Waals surface area contributed by atoms with Gasteiger partial charge in [-0.15, -0.1) is 0 Å². The van der Waals surface area contributed by atoms with Crippen molar-refractivity contribution in [2.45, 2.75) is 113 Å². The third-order valence-electron chi connectivity index (χ3n) is 18.4. The molecule has 2 aromatic heterocycles. The minimum Gasteiger partial charge on any atom is -0.389 e. The molecule has 1 saturated carbocycles. The van der Waals surface area contributed by atoms with E-state index in [1.165, 1.54) is 24.8 Å². The third-order valence-corrected chi connectivity index (χ3v) is 18.4. The average Bonchev–Trinajstić information content (AvgIpc) is 3.64. The summed E-state index contributed by atoms with van der Waals surface area (Å²) < 4.78 is 0. The number of nitrogens with zero attached hydrogens (tertiary/aromatic N) is 10. The van der Waals surface area contributed by atoms with Gasteiger partial charge >= 0.3 is 0 Å². The quantitative estimate of drug-likeness (QED) is 0.0493. The smallest absolute Gasteiger partial charge is 0.253 e. The fourth-order valence-corrected chi connectivity index (χ4v) is 13.1. The standard InChI is InChI=1S/C63H84N14O3/c1-62(48-12-6-4-7-13-48)30-40-76(41-31-62)54-16-10-34-66-56(54)70-60(64)68-50-22-18-46(19-23-50)58(78)72(2)52-26-36-74(37-27-52)44-45-75-38-28-53(29-39-75)73(3)59(79)47-20-24-51(25-21-47)69-61(65)71-57-55(17-11-35-67-57)77-42-32-63(80,33-43-77)49-14-8-5-9-15-49/h4,6-7,10-13,16-25,34-35,49,52-53,80H,5,8-9,14-15,26-33,36-45H2,1-3H3,(H3,64,66,68,70)(H3,65,67,69,71). The van der Waals surface area contributed by atoms with Crippen LogP contribution in [0.4, 0.5) is 34.4 Å². The van der Waals surface area contributed by atoms with Gasteiger partial charge < -0.3 is 56.6 Å². The van der Waals surface area contributed by atoms with Crippen molar-refractivity contribution in [1.82, 2.24) is 29.6 Å². The molecule has 0 spiro atoms. The average molecular weight is 1090 g/mol. The van der Waals surface area contributed by atoms with Crippen molar-refractivity contribution in [1.29, 1.82) is 0 Å². The molecule has 5 fully saturated rings. The van der Waals surface area contributed by atoms with Crippen molar-refractivity contribution in [2.75, 3.05) is 100.0 Å². The van der Waals surface area contributed by atoms with Crippen LogP contribution in [0, 0.1) is 5.92 Å². The fourth-order valence-electron chi connectivity index (χ4n) is 13.1. The molecule has 0 radical (unpaired) electrons. The van der Waals surface area contributed by atoms with Crippen molar-refractivity contribution in [2.24, 2.45) is 27.4 Å². The highest BCUT2D eigenvalue weighted by molar-refractivity contribution is 5.98. The van der Waals surface area contributed by atoms with Gasteiger partial charge in [-0.3, -0.25) is 9.59 Å². The Morgan fingerprint density at radius 3 is 1.44 bits per heavy atom. The molecule has 0 unspecified atom stereocenters. The van der Waals surface area contributed by atoms with Crippen LogP contribution in [0.15, 0.2) is 126 Å². The maximum atomic E-state index is 13.7. The van der Waals surface area contributed by atoms with Gasteiger partial charge in [-0.2, -0.15) is 9.98 Å². The Kier molecular flexibility index (Phi) is 18.0. The monoisotopic (exact) mass is 1080 g/mol. The van der Waals surface area contributed by atoms with Gasteiger partial charge in [0.2, 0.25) is 0 Å². The second-order valence-corrected chi connectivity index (χ2v) is 23.4. The number of anilines is 4. The van der Waals surface area contributed by atoms with Crippen LogP contribution in [0.25, 0.3) is 0 Å². The summed E-state index contributed by atoms with van der Waals surface area (Å²) >= 11 is 0. The lowest BCUT2D eigenvalue weighted by atomic mass is 9.72. The van der Waals surface area contributed by atoms with E-state index in [9.17, 15) is 14.7 Å². The Morgan fingerprint density at radius 2 is 1.00 bits per heavy atom. The normalized spacial score (nSPS) is 20.1. The van der Waals surface area contributed by atoms with Gasteiger partial charge in [0, 0.05) is 127 Å². The summed E-state index contributed by atoms with van der Waals surface area (Å²) in [6, 6.07) is 33.9. The number of benzene rings is 3. The number of pyridine rings is 2. The van der Waals surface area contributed by atoms with E-state index in [0.29, 0.717) is 28.7 Å². The Hall–Kier alpha value is -7.08. The molecule has 3 aromatic carbocycles. The van der Waals surface area contributed by atoms with Crippen LogP contribution in [0.5, 0.6) is 0 Å². The molecule has 80 heavy (non-hydrogen) atoms. The molecule has 7 N–H and O–H groups in total. The van der Waals surface area contributed by atoms with Crippen molar-refractivity contribution in [3.8, 4) is 0 Å². The van der Waals surface area contributed by atoms with Crippen molar-refractivity contribution in [3.63, 3.8) is 0 Å². The number of amides is 2. The minimum absolute atomic E-state index is 0.00830. The van der Waals surface area contributed by atoms with Crippen molar-refractivity contribution >= 4 is 58.1 Å². The molecule has 424 valence electrons. The van der Waals surface area contributed by atoms with E-state index < -0.39 is 5.60 Å². The van der Waals surface area contributed by atoms with Crippen LogP contribution in [-0.2, 0) is 5.41 Å². The second kappa shape index (κ2) is 25.6. The highest BCUT2D eigenvalue weighted by atomic mass is 16.3. The Bertz CT molecular complexity index is 2900. The largest absolute Gasteiger partial charge is 0.389 e. The van der Waals surface area contributed by atoms with E-state index in [-0.39, 0.29) is 41.2 Å².